The number of benzene rings is 2. The Morgan fingerprint density at radius 1 is 0.853 bits per heavy atom. The number of thiophene rings is 1. The van der Waals surface area contributed by atoms with E-state index in [1.54, 1.807) is 0 Å². The Hall–Kier alpha value is -3.49. The summed E-state index contributed by atoms with van der Waals surface area (Å²) in [5, 5.41) is 6.03. The van der Waals surface area contributed by atoms with Gasteiger partial charge in [0, 0.05) is 42.3 Å². The monoisotopic (exact) mass is 488 g/mol. The van der Waals surface area contributed by atoms with Crippen LogP contribution in [0.4, 0.5) is 10.8 Å². The van der Waals surface area contributed by atoms with Crippen LogP contribution in [0.15, 0.2) is 78.2 Å². The van der Waals surface area contributed by atoms with Crippen molar-refractivity contribution >= 4 is 45.3 Å². The molecule has 1 fully saturated rings. The molecule has 4 aromatic rings. The normalized spacial score (nSPS) is 13.6. The lowest BCUT2D eigenvalue weighted by Crippen LogP contribution is -2.50. The average molecular weight is 489 g/mol. The Bertz CT molecular complexity index is 1250. The first kappa shape index (κ1) is 22.3. The minimum absolute atomic E-state index is 0.0487. The lowest BCUT2D eigenvalue weighted by molar-refractivity contribution is -0.131. The third kappa shape index (κ3) is 5.03. The summed E-state index contributed by atoms with van der Waals surface area (Å²) in [5.74, 6) is 0.114. The van der Waals surface area contributed by atoms with Crippen LogP contribution in [-0.2, 0) is 11.2 Å². The predicted octanol–water partition coefficient (Wildman–Crippen LogP) is 5.14. The van der Waals surface area contributed by atoms with Crippen LogP contribution < -0.4 is 5.32 Å². The quantitative estimate of drug-likeness (QED) is 0.408. The summed E-state index contributed by atoms with van der Waals surface area (Å²) in [6.07, 6.45) is 0.289. The second-order valence-electron chi connectivity index (χ2n) is 7.97. The van der Waals surface area contributed by atoms with Crippen molar-refractivity contribution in [2.75, 3.05) is 31.5 Å². The Kier molecular flexibility index (Phi) is 6.69. The third-order valence-corrected chi connectivity index (χ3v) is 7.56. The molecule has 0 aliphatic carbocycles. The zero-order chi connectivity index (χ0) is 23.3. The van der Waals surface area contributed by atoms with Gasteiger partial charge in [0.15, 0.2) is 5.13 Å². The highest BCUT2D eigenvalue weighted by molar-refractivity contribution is 7.16. The van der Waals surface area contributed by atoms with E-state index in [1.165, 1.54) is 22.7 Å². The minimum Gasteiger partial charge on any atom is -0.339 e. The van der Waals surface area contributed by atoms with Gasteiger partial charge in [-0.15, -0.1) is 22.7 Å². The van der Waals surface area contributed by atoms with Gasteiger partial charge in [-0.3, -0.25) is 9.59 Å². The molecular formula is C26H24N4O2S2. The van der Waals surface area contributed by atoms with E-state index in [1.807, 2.05) is 88.0 Å². The zero-order valence-electron chi connectivity index (χ0n) is 18.5. The molecule has 34 heavy (non-hydrogen) atoms. The maximum Gasteiger partial charge on any atom is 0.264 e. The summed E-state index contributed by atoms with van der Waals surface area (Å²) in [7, 11) is 0. The van der Waals surface area contributed by atoms with Crippen molar-refractivity contribution in [2.24, 2.45) is 0 Å². The fourth-order valence-electron chi connectivity index (χ4n) is 3.96. The number of rotatable bonds is 6. The first-order valence-electron chi connectivity index (χ1n) is 11.1. The molecule has 8 heteroatoms. The van der Waals surface area contributed by atoms with Crippen molar-refractivity contribution in [2.45, 2.75) is 6.42 Å². The number of hydrogen-bond acceptors (Lipinski definition) is 6. The van der Waals surface area contributed by atoms with Crippen molar-refractivity contribution < 1.29 is 9.59 Å². The van der Waals surface area contributed by atoms with Crippen LogP contribution in [-0.4, -0.2) is 52.8 Å². The molecule has 1 aliphatic heterocycles. The lowest BCUT2D eigenvalue weighted by Gasteiger charge is -2.34. The number of nitrogens with zero attached hydrogens (tertiary/aromatic N) is 3. The molecule has 0 spiro atoms. The maximum absolute atomic E-state index is 13.2. The number of hydrogen-bond donors (Lipinski definition) is 1. The first-order valence-corrected chi connectivity index (χ1v) is 12.8. The molecule has 1 N–H and O–H groups in total. The second kappa shape index (κ2) is 10.2. The summed E-state index contributed by atoms with van der Waals surface area (Å²) in [6.45, 7) is 2.20. The molecule has 3 heterocycles. The molecule has 0 saturated carbocycles. The molecule has 1 aliphatic rings. The van der Waals surface area contributed by atoms with Crippen LogP contribution >= 0.6 is 22.7 Å². The minimum atomic E-state index is 0.0487. The van der Waals surface area contributed by atoms with E-state index < -0.39 is 0 Å². The third-order valence-electron chi connectivity index (χ3n) is 5.73. The summed E-state index contributed by atoms with van der Waals surface area (Å²) in [5.41, 5.74) is 2.79. The van der Waals surface area contributed by atoms with Crippen molar-refractivity contribution in [1.82, 2.24) is 14.8 Å². The second-order valence-corrected chi connectivity index (χ2v) is 10.0. The summed E-state index contributed by atoms with van der Waals surface area (Å²) < 4.78 is 0. The van der Waals surface area contributed by atoms with E-state index in [0.29, 0.717) is 26.2 Å². The van der Waals surface area contributed by atoms with E-state index in [4.69, 9.17) is 4.98 Å². The van der Waals surface area contributed by atoms with E-state index in [-0.39, 0.29) is 18.2 Å². The van der Waals surface area contributed by atoms with Gasteiger partial charge in [-0.25, -0.2) is 4.98 Å². The average Bonchev–Trinajstić information content (AvgIpc) is 3.55. The fourth-order valence-corrected chi connectivity index (χ4v) is 5.64. The largest absolute Gasteiger partial charge is 0.339 e. The highest BCUT2D eigenvalue weighted by atomic mass is 32.1. The van der Waals surface area contributed by atoms with Gasteiger partial charge in [-0.2, -0.15) is 0 Å². The SMILES string of the molecule is O=C(Cc1sc(Nc2ccccc2)nc1-c1ccccc1)N1CCN(C(=O)c2cccs2)CC1. The van der Waals surface area contributed by atoms with E-state index in [2.05, 4.69) is 5.32 Å². The summed E-state index contributed by atoms with van der Waals surface area (Å²) in [4.78, 5) is 36.0. The van der Waals surface area contributed by atoms with Gasteiger partial charge in [-0.1, -0.05) is 54.6 Å². The Morgan fingerprint density at radius 3 is 2.21 bits per heavy atom. The fraction of sp³-hybridized carbons (Fsp3) is 0.192. The number of aromatic nitrogens is 1. The smallest absolute Gasteiger partial charge is 0.264 e. The first-order chi connectivity index (χ1) is 16.7. The van der Waals surface area contributed by atoms with Gasteiger partial charge < -0.3 is 15.1 Å². The number of para-hydroxylation sites is 1. The van der Waals surface area contributed by atoms with Crippen molar-refractivity contribution in [1.29, 1.82) is 0 Å². The van der Waals surface area contributed by atoms with Gasteiger partial charge >= 0.3 is 0 Å². The summed E-state index contributed by atoms with van der Waals surface area (Å²) in [6, 6.07) is 23.6. The van der Waals surface area contributed by atoms with Crippen molar-refractivity contribution in [3.8, 4) is 11.3 Å². The molecule has 0 radical (unpaired) electrons. The Labute approximate surface area is 206 Å². The van der Waals surface area contributed by atoms with E-state index in [9.17, 15) is 9.59 Å². The van der Waals surface area contributed by atoms with Gasteiger partial charge in [0.1, 0.15) is 0 Å². The van der Waals surface area contributed by atoms with Gasteiger partial charge in [0.05, 0.1) is 17.0 Å². The molecule has 0 atom stereocenters. The molecule has 2 amide bonds. The molecule has 6 nitrogen and oxygen atoms in total. The van der Waals surface area contributed by atoms with Crippen LogP contribution in [0.25, 0.3) is 11.3 Å². The van der Waals surface area contributed by atoms with Crippen molar-refractivity contribution in [3.05, 3.63) is 87.9 Å². The standard InChI is InChI=1S/C26H24N4O2S2/c31-23(29-13-15-30(16-14-29)25(32)21-12-7-17-33-21)18-22-24(19-8-3-1-4-9-19)28-26(34-22)27-20-10-5-2-6-11-20/h1-12,17H,13-16,18H2,(H,27,28). The molecule has 2 aromatic carbocycles. The number of anilines is 2. The number of piperazine rings is 1. The highest BCUT2D eigenvalue weighted by Gasteiger charge is 2.26. The molecule has 0 unspecified atom stereocenters. The Balaban J connectivity index is 1.29. The molecule has 0 bridgehead atoms. The molecule has 2 aromatic heterocycles. The number of carbonyl (C=O) groups excluding carboxylic acids is 2. The molecular weight excluding hydrogens is 464 g/mol. The van der Waals surface area contributed by atoms with Crippen molar-refractivity contribution in [3.63, 3.8) is 0 Å². The molecule has 1 saturated heterocycles. The van der Waals surface area contributed by atoms with E-state index in [0.717, 1.165) is 31.8 Å². The van der Waals surface area contributed by atoms with Gasteiger partial charge in [0.25, 0.3) is 5.91 Å². The van der Waals surface area contributed by atoms with E-state index >= 15 is 0 Å². The number of amides is 2. The highest BCUT2D eigenvalue weighted by Crippen LogP contribution is 2.33. The zero-order valence-corrected chi connectivity index (χ0v) is 20.1. The number of nitrogens with one attached hydrogen (secondary N) is 1. The summed E-state index contributed by atoms with van der Waals surface area (Å²) >= 11 is 2.96. The van der Waals surface area contributed by atoms with Crippen LogP contribution in [0.5, 0.6) is 0 Å². The lowest BCUT2D eigenvalue weighted by atomic mass is 10.1. The topological polar surface area (TPSA) is 65.5 Å². The number of carbonyl (C=O) groups is 2. The van der Waals surface area contributed by atoms with Crippen LogP contribution in [0.3, 0.4) is 0 Å². The van der Waals surface area contributed by atoms with Gasteiger partial charge in [-0.05, 0) is 23.6 Å². The predicted molar refractivity (Wildman–Crippen MR) is 138 cm³/mol. The Morgan fingerprint density at radius 2 is 1.53 bits per heavy atom. The van der Waals surface area contributed by atoms with Crippen LogP contribution in [0, 0.1) is 0 Å². The number of thiazole rings is 1. The van der Waals surface area contributed by atoms with Crippen LogP contribution in [0.1, 0.15) is 14.5 Å². The molecule has 5 rings (SSSR count). The van der Waals surface area contributed by atoms with Crippen LogP contribution in [0.2, 0.25) is 0 Å². The molecule has 172 valence electrons. The van der Waals surface area contributed by atoms with Gasteiger partial charge in [0.2, 0.25) is 5.91 Å². The maximum atomic E-state index is 13.2.